The highest BCUT2D eigenvalue weighted by Crippen LogP contribution is 2.28. The average molecular weight is 349 g/mol. The van der Waals surface area contributed by atoms with E-state index in [-0.39, 0.29) is 18.6 Å². The van der Waals surface area contributed by atoms with E-state index in [1.54, 1.807) is 0 Å². The van der Waals surface area contributed by atoms with Gasteiger partial charge >= 0.3 is 0 Å². The standard InChI is InChI=1S/C18H31N5O2/c1-13(18(25)19-15-6-4-3-5-7-15)23-10-8-14(9-11-23)17-21-20-16(12-24)22(17)2/h13-15,24H,3-12H2,1-2H3,(H,19,25). The molecule has 7 nitrogen and oxygen atoms in total. The maximum atomic E-state index is 12.6. The van der Waals surface area contributed by atoms with Crippen LogP contribution in [0.25, 0.3) is 0 Å². The second-order valence-corrected chi connectivity index (χ2v) is 7.52. The molecule has 1 aromatic rings. The fraction of sp³-hybridized carbons (Fsp3) is 0.833. The van der Waals surface area contributed by atoms with Crippen molar-refractivity contribution in [2.24, 2.45) is 7.05 Å². The van der Waals surface area contributed by atoms with E-state index in [1.165, 1.54) is 19.3 Å². The van der Waals surface area contributed by atoms with Crippen molar-refractivity contribution in [2.45, 2.75) is 76.5 Å². The molecular formula is C18H31N5O2. The summed E-state index contributed by atoms with van der Waals surface area (Å²) in [4.78, 5) is 14.8. The predicted molar refractivity (Wildman–Crippen MR) is 95.0 cm³/mol. The minimum absolute atomic E-state index is 0.0737. The number of nitrogens with one attached hydrogen (secondary N) is 1. The van der Waals surface area contributed by atoms with Crippen LogP contribution in [-0.2, 0) is 18.4 Å². The van der Waals surface area contributed by atoms with Gasteiger partial charge in [-0.3, -0.25) is 9.69 Å². The van der Waals surface area contributed by atoms with Crippen LogP contribution in [0.1, 0.15) is 69.4 Å². The molecule has 1 atom stereocenters. The number of piperidine rings is 1. The van der Waals surface area contributed by atoms with Crippen LogP contribution in [0.15, 0.2) is 0 Å². The van der Waals surface area contributed by atoms with Crippen LogP contribution >= 0.6 is 0 Å². The quantitative estimate of drug-likeness (QED) is 0.838. The van der Waals surface area contributed by atoms with Gasteiger partial charge in [0.1, 0.15) is 12.4 Å². The van der Waals surface area contributed by atoms with Gasteiger partial charge in [0.2, 0.25) is 5.91 Å². The molecule has 7 heteroatoms. The van der Waals surface area contributed by atoms with Crippen LogP contribution < -0.4 is 5.32 Å². The number of amides is 1. The summed E-state index contributed by atoms with van der Waals surface area (Å²) in [5.74, 6) is 2.08. The lowest BCUT2D eigenvalue weighted by molar-refractivity contribution is -0.127. The first-order valence-electron chi connectivity index (χ1n) is 9.63. The number of rotatable bonds is 5. The Morgan fingerprint density at radius 3 is 2.48 bits per heavy atom. The number of hydrogen-bond donors (Lipinski definition) is 2. The van der Waals surface area contributed by atoms with Crippen LogP contribution in [-0.4, -0.2) is 55.9 Å². The van der Waals surface area contributed by atoms with Crippen molar-refractivity contribution in [3.8, 4) is 0 Å². The monoisotopic (exact) mass is 349 g/mol. The Bertz CT molecular complexity index is 574. The lowest BCUT2D eigenvalue weighted by atomic mass is 9.94. The highest BCUT2D eigenvalue weighted by molar-refractivity contribution is 5.81. The van der Waals surface area contributed by atoms with Crippen molar-refractivity contribution >= 4 is 5.91 Å². The summed E-state index contributed by atoms with van der Waals surface area (Å²) >= 11 is 0. The summed E-state index contributed by atoms with van der Waals surface area (Å²) in [6.07, 6.45) is 7.96. The molecule has 1 aliphatic heterocycles. The second-order valence-electron chi connectivity index (χ2n) is 7.52. The molecule has 1 aliphatic carbocycles. The van der Waals surface area contributed by atoms with Gasteiger partial charge in [-0.1, -0.05) is 19.3 Å². The van der Waals surface area contributed by atoms with E-state index >= 15 is 0 Å². The summed E-state index contributed by atoms with van der Waals surface area (Å²) in [7, 11) is 1.91. The smallest absolute Gasteiger partial charge is 0.237 e. The van der Waals surface area contributed by atoms with Gasteiger partial charge in [0.15, 0.2) is 5.82 Å². The molecule has 25 heavy (non-hydrogen) atoms. The zero-order valence-corrected chi connectivity index (χ0v) is 15.4. The average Bonchev–Trinajstić information content (AvgIpc) is 3.02. The van der Waals surface area contributed by atoms with Crippen molar-refractivity contribution in [1.29, 1.82) is 0 Å². The molecule has 0 aromatic carbocycles. The van der Waals surface area contributed by atoms with Crippen LogP contribution in [0.3, 0.4) is 0 Å². The Morgan fingerprint density at radius 1 is 1.20 bits per heavy atom. The van der Waals surface area contributed by atoms with Crippen LogP contribution in [0.4, 0.5) is 0 Å². The third-order valence-corrected chi connectivity index (χ3v) is 5.91. The molecule has 1 amide bonds. The van der Waals surface area contributed by atoms with Crippen molar-refractivity contribution in [2.75, 3.05) is 13.1 Å². The molecule has 0 radical (unpaired) electrons. The Kier molecular flexibility index (Phi) is 6.06. The lowest BCUT2D eigenvalue weighted by Crippen LogP contribution is -2.50. The molecular weight excluding hydrogens is 318 g/mol. The molecule has 0 bridgehead atoms. The molecule has 2 heterocycles. The normalized spacial score (nSPS) is 22.0. The van der Waals surface area contributed by atoms with E-state index in [4.69, 9.17) is 0 Å². The minimum atomic E-state index is -0.0826. The molecule has 1 saturated heterocycles. The van der Waals surface area contributed by atoms with Gasteiger partial charge in [0, 0.05) is 19.0 Å². The van der Waals surface area contributed by atoms with Gasteiger partial charge in [-0.05, 0) is 45.7 Å². The number of aliphatic hydroxyl groups excluding tert-OH is 1. The highest BCUT2D eigenvalue weighted by Gasteiger charge is 2.30. The number of carbonyl (C=O) groups excluding carboxylic acids is 1. The molecule has 3 rings (SSSR count). The zero-order valence-electron chi connectivity index (χ0n) is 15.4. The number of carbonyl (C=O) groups is 1. The van der Waals surface area contributed by atoms with Gasteiger partial charge in [-0.25, -0.2) is 0 Å². The maximum Gasteiger partial charge on any atom is 0.237 e. The molecule has 2 N–H and O–H groups in total. The fourth-order valence-corrected chi connectivity index (χ4v) is 4.15. The number of aromatic nitrogens is 3. The summed E-state index contributed by atoms with van der Waals surface area (Å²) in [6, 6.07) is 0.298. The van der Waals surface area contributed by atoms with E-state index in [2.05, 4.69) is 20.4 Å². The Morgan fingerprint density at radius 2 is 1.88 bits per heavy atom. The maximum absolute atomic E-state index is 12.6. The highest BCUT2D eigenvalue weighted by atomic mass is 16.3. The summed E-state index contributed by atoms with van der Waals surface area (Å²) in [5.41, 5.74) is 0. The van der Waals surface area contributed by atoms with Crippen molar-refractivity contribution in [3.05, 3.63) is 11.6 Å². The number of aliphatic hydroxyl groups is 1. The van der Waals surface area contributed by atoms with Gasteiger partial charge in [-0.2, -0.15) is 0 Å². The van der Waals surface area contributed by atoms with E-state index in [1.807, 2.05) is 18.5 Å². The molecule has 2 aliphatic rings. The fourth-order valence-electron chi connectivity index (χ4n) is 4.15. The van der Waals surface area contributed by atoms with Gasteiger partial charge in [-0.15, -0.1) is 10.2 Å². The summed E-state index contributed by atoms with van der Waals surface area (Å²) in [6.45, 7) is 3.72. The van der Waals surface area contributed by atoms with Crippen molar-refractivity contribution < 1.29 is 9.90 Å². The molecule has 1 saturated carbocycles. The second kappa shape index (κ2) is 8.27. The van der Waals surface area contributed by atoms with Gasteiger partial charge in [0.25, 0.3) is 0 Å². The Balaban J connectivity index is 1.50. The van der Waals surface area contributed by atoms with E-state index in [0.29, 0.717) is 17.8 Å². The molecule has 140 valence electrons. The SMILES string of the molecule is CC(C(=O)NC1CCCCC1)N1CCC(c2nnc(CO)n2C)CC1. The minimum Gasteiger partial charge on any atom is -0.388 e. The largest absolute Gasteiger partial charge is 0.388 e. The number of likely N-dealkylation sites (tertiary alicyclic amines) is 1. The summed E-state index contributed by atoms with van der Waals surface area (Å²) < 4.78 is 1.90. The van der Waals surface area contributed by atoms with E-state index in [0.717, 1.165) is 44.6 Å². The van der Waals surface area contributed by atoms with Crippen molar-refractivity contribution in [3.63, 3.8) is 0 Å². The molecule has 1 aromatic heterocycles. The van der Waals surface area contributed by atoms with E-state index in [9.17, 15) is 9.90 Å². The Hall–Kier alpha value is -1.47. The van der Waals surface area contributed by atoms with Gasteiger partial charge in [0.05, 0.1) is 6.04 Å². The number of nitrogens with zero attached hydrogens (tertiary/aromatic N) is 4. The van der Waals surface area contributed by atoms with E-state index < -0.39 is 0 Å². The predicted octanol–water partition coefficient (Wildman–Crippen LogP) is 1.32. The first kappa shape index (κ1) is 18.3. The topological polar surface area (TPSA) is 83.3 Å². The first-order valence-corrected chi connectivity index (χ1v) is 9.63. The Labute approximate surface area is 149 Å². The van der Waals surface area contributed by atoms with Crippen LogP contribution in [0.2, 0.25) is 0 Å². The first-order chi connectivity index (χ1) is 12.1. The van der Waals surface area contributed by atoms with Crippen LogP contribution in [0.5, 0.6) is 0 Å². The lowest BCUT2D eigenvalue weighted by Gasteiger charge is -2.35. The molecule has 0 spiro atoms. The van der Waals surface area contributed by atoms with Crippen LogP contribution in [0, 0.1) is 0 Å². The molecule has 2 fully saturated rings. The summed E-state index contributed by atoms with van der Waals surface area (Å²) in [5, 5.41) is 20.8. The third-order valence-electron chi connectivity index (χ3n) is 5.91. The zero-order chi connectivity index (χ0) is 17.8. The van der Waals surface area contributed by atoms with Gasteiger partial charge < -0.3 is 15.0 Å². The molecule has 1 unspecified atom stereocenters. The third kappa shape index (κ3) is 4.20. The van der Waals surface area contributed by atoms with Crippen molar-refractivity contribution in [1.82, 2.24) is 25.0 Å². The number of hydrogen-bond acceptors (Lipinski definition) is 5.